The minimum absolute atomic E-state index is 0.0826. The zero-order valence-electron chi connectivity index (χ0n) is 8.93. The first-order valence-corrected chi connectivity index (χ1v) is 5.15. The molecular weight excluding hydrogens is 229 g/mol. The van der Waals surface area contributed by atoms with E-state index in [1.165, 1.54) is 18.7 Å². The molecule has 5 heteroatoms. The molecule has 0 N–H and O–H groups in total. The quantitative estimate of drug-likeness (QED) is 0.805. The van der Waals surface area contributed by atoms with Crippen molar-refractivity contribution in [2.24, 2.45) is 0 Å². The molecule has 1 aromatic heterocycles. The fraction of sp³-hybridized carbons (Fsp3) is 0.250. The number of imidazole rings is 1. The van der Waals surface area contributed by atoms with Gasteiger partial charge in [-0.05, 0) is 5.56 Å². The Kier molecular flexibility index (Phi) is 3.17. The number of rotatable bonds is 3. The lowest BCUT2D eigenvalue weighted by molar-refractivity contribution is -0.167. The molecule has 1 heterocycles. The summed E-state index contributed by atoms with van der Waals surface area (Å²) in [7, 11) is 0. The molecule has 0 fully saturated rings. The molecule has 0 amide bonds. The fourth-order valence-corrected chi connectivity index (χ4v) is 1.68. The minimum Gasteiger partial charge on any atom is -0.325 e. The van der Waals surface area contributed by atoms with E-state index >= 15 is 0 Å². The third-order valence-corrected chi connectivity index (χ3v) is 2.53. The molecule has 2 aromatic rings. The first kappa shape index (κ1) is 11.7. The van der Waals surface area contributed by atoms with Crippen molar-refractivity contribution in [2.75, 3.05) is 0 Å². The molecule has 1 atom stereocenters. The van der Waals surface area contributed by atoms with Gasteiger partial charge in [-0.15, -0.1) is 0 Å². The summed E-state index contributed by atoms with van der Waals surface area (Å²) in [5.74, 6) is 0. The summed E-state index contributed by atoms with van der Waals surface area (Å²) < 4.78 is 39.9. The molecule has 90 valence electrons. The van der Waals surface area contributed by atoms with Crippen LogP contribution in [0.2, 0.25) is 0 Å². The van der Waals surface area contributed by atoms with Crippen molar-refractivity contribution < 1.29 is 13.2 Å². The Morgan fingerprint density at radius 2 is 1.88 bits per heavy atom. The Morgan fingerprint density at radius 1 is 1.18 bits per heavy atom. The second kappa shape index (κ2) is 4.61. The smallest absolute Gasteiger partial charge is 0.325 e. The summed E-state index contributed by atoms with van der Waals surface area (Å²) in [5.41, 5.74) is 0.656. The number of alkyl halides is 3. The van der Waals surface area contributed by atoms with Crippen LogP contribution in [0.3, 0.4) is 0 Å². The molecular formula is C12H11F3N2. The van der Waals surface area contributed by atoms with Gasteiger partial charge in [0.15, 0.2) is 0 Å². The Hall–Kier alpha value is -1.78. The summed E-state index contributed by atoms with van der Waals surface area (Å²) in [6.07, 6.45) is -0.483. The van der Waals surface area contributed by atoms with E-state index < -0.39 is 12.2 Å². The van der Waals surface area contributed by atoms with E-state index in [-0.39, 0.29) is 6.42 Å². The molecule has 0 spiro atoms. The SMILES string of the molecule is FC(F)(F)C(Cc1ccccc1)n1ccnc1. The molecule has 17 heavy (non-hydrogen) atoms. The molecule has 1 aromatic carbocycles. The second-order valence-corrected chi connectivity index (χ2v) is 3.76. The molecule has 0 aliphatic rings. The number of nitrogens with zero attached hydrogens (tertiary/aromatic N) is 2. The van der Waals surface area contributed by atoms with Crippen molar-refractivity contribution in [3.05, 3.63) is 54.6 Å². The van der Waals surface area contributed by atoms with Gasteiger partial charge in [-0.3, -0.25) is 0 Å². The van der Waals surface area contributed by atoms with E-state index in [0.717, 1.165) is 4.57 Å². The summed E-state index contributed by atoms with van der Waals surface area (Å²) in [5, 5.41) is 0. The Labute approximate surface area is 96.7 Å². The van der Waals surface area contributed by atoms with E-state index in [0.29, 0.717) is 5.56 Å². The monoisotopic (exact) mass is 240 g/mol. The average Bonchev–Trinajstić information content (AvgIpc) is 2.79. The Bertz CT molecular complexity index is 448. The molecule has 2 rings (SSSR count). The summed E-state index contributed by atoms with van der Waals surface area (Å²) in [6, 6.07) is 7.06. The number of hydrogen-bond donors (Lipinski definition) is 0. The van der Waals surface area contributed by atoms with Crippen LogP contribution in [0.15, 0.2) is 49.1 Å². The van der Waals surface area contributed by atoms with E-state index in [1.807, 2.05) is 0 Å². The van der Waals surface area contributed by atoms with Gasteiger partial charge in [-0.25, -0.2) is 4.98 Å². The summed E-state index contributed by atoms with van der Waals surface area (Å²) >= 11 is 0. The average molecular weight is 240 g/mol. The van der Waals surface area contributed by atoms with Crippen molar-refractivity contribution in [1.82, 2.24) is 9.55 Å². The fourth-order valence-electron chi connectivity index (χ4n) is 1.68. The normalized spacial score (nSPS) is 13.6. The first-order chi connectivity index (χ1) is 8.07. The van der Waals surface area contributed by atoms with Gasteiger partial charge in [0.2, 0.25) is 0 Å². The molecule has 1 unspecified atom stereocenters. The van der Waals surface area contributed by atoms with Crippen LogP contribution in [0, 0.1) is 0 Å². The summed E-state index contributed by atoms with van der Waals surface area (Å²) in [6.45, 7) is 0. The van der Waals surface area contributed by atoms with Crippen LogP contribution in [0.1, 0.15) is 11.6 Å². The maximum Gasteiger partial charge on any atom is 0.409 e. The van der Waals surface area contributed by atoms with Gasteiger partial charge < -0.3 is 4.57 Å². The summed E-state index contributed by atoms with van der Waals surface area (Å²) in [4.78, 5) is 3.66. The van der Waals surface area contributed by atoms with Gasteiger partial charge >= 0.3 is 6.18 Å². The predicted octanol–water partition coefficient (Wildman–Crippen LogP) is 3.23. The highest BCUT2D eigenvalue weighted by Gasteiger charge is 2.40. The van der Waals surface area contributed by atoms with Crippen LogP contribution in [-0.4, -0.2) is 15.7 Å². The van der Waals surface area contributed by atoms with Gasteiger partial charge in [-0.2, -0.15) is 13.2 Å². The van der Waals surface area contributed by atoms with E-state index in [9.17, 15) is 13.2 Å². The van der Waals surface area contributed by atoms with Crippen LogP contribution in [0.4, 0.5) is 13.2 Å². The van der Waals surface area contributed by atoms with Gasteiger partial charge in [0.25, 0.3) is 0 Å². The lowest BCUT2D eigenvalue weighted by Gasteiger charge is -2.21. The Morgan fingerprint density at radius 3 is 2.41 bits per heavy atom. The number of aromatic nitrogens is 2. The van der Waals surface area contributed by atoms with Crippen LogP contribution in [0.25, 0.3) is 0 Å². The Balaban J connectivity index is 2.24. The third-order valence-electron chi connectivity index (χ3n) is 2.53. The van der Waals surface area contributed by atoms with Crippen molar-refractivity contribution in [2.45, 2.75) is 18.6 Å². The van der Waals surface area contributed by atoms with E-state index in [4.69, 9.17) is 0 Å². The van der Waals surface area contributed by atoms with Crippen LogP contribution in [0.5, 0.6) is 0 Å². The van der Waals surface area contributed by atoms with Crippen molar-refractivity contribution in [3.63, 3.8) is 0 Å². The topological polar surface area (TPSA) is 17.8 Å². The molecule has 0 saturated carbocycles. The number of hydrogen-bond acceptors (Lipinski definition) is 1. The molecule has 0 radical (unpaired) electrons. The molecule has 2 nitrogen and oxygen atoms in total. The van der Waals surface area contributed by atoms with Gasteiger partial charge in [0, 0.05) is 18.8 Å². The van der Waals surface area contributed by atoms with Crippen molar-refractivity contribution in [3.8, 4) is 0 Å². The highest BCUT2D eigenvalue weighted by molar-refractivity contribution is 5.16. The van der Waals surface area contributed by atoms with Crippen molar-refractivity contribution in [1.29, 1.82) is 0 Å². The largest absolute Gasteiger partial charge is 0.409 e. The highest BCUT2D eigenvalue weighted by Crippen LogP contribution is 2.33. The minimum atomic E-state index is -4.28. The van der Waals surface area contributed by atoms with Gasteiger partial charge in [-0.1, -0.05) is 30.3 Å². The molecule has 0 bridgehead atoms. The lowest BCUT2D eigenvalue weighted by Crippen LogP contribution is -2.27. The van der Waals surface area contributed by atoms with Gasteiger partial charge in [0.05, 0.1) is 6.33 Å². The van der Waals surface area contributed by atoms with Crippen molar-refractivity contribution >= 4 is 0 Å². The molecule has 0 aliphatic carbocycles. The predicted molar refractivity (Wildman–Crippen MR) is 57.5 cm³/mol. The van der Waals surface area contributed by atoms with Crippen LogP contribution >= 0.6 is 0 Å². The van der Waals surface area contributed by atoms with Crippen LogP contribution < -0.4 is 0 Å². The molecule has 0 aliphatic heterocycles. The number of benzene rings is 1. The first-order valence-electron chi connectivity index (χ1n) is 5.15. The van der Waals surface area contributed by atoms with Gasteiger partial charge in [0.1, 0.15) is 6.04 Å². The lowest BCUT2D eigenvalue weighted by atomic mass is 10.1. The third kappa shape index (κ3) is 2.87. The molecule has 0 saturated heterocycles. The van der Waals surface area contributed by atoms with Crippen LogP contribution in [-0.2, 0) is 6.42 Å². The van der Waals surface area contributed by atoms with E-state index in [1.54, 1.807) is 30.3 Å². The highest BCUT2D eigenvalue weighted by atomic mass is 19.4. The maximum absolute atomic E-state index is 12.9. The zero-order valence-corrected chi connectivity index (χ0v) is 8.93. The number of halogens is 3. The maximum atomic E-state index is 12.9. The van der Waals surface area contributed by atoms with E-state index in [2.05, 4.69) is 4.98 Å². The standard InChI is InChI=1S/C12H11F3N2/c13-12(14,15)11(17-7-6-16-9-17)8-10-4-2-1-3-5-10/h1-7,9,11H,8H2. The zero-order chi connectivity index (χ0) is 12.3. The second-order valence-electron chi connectivity index (χ2n) is 3.76.